The first-order valence-corrected chi connectivity index (χ1v) is 5.40. The fourth-order valence-electron chi connectivity index (χ4n) is 2.40. The summed E-state index contributed by atoms with van der Waals surface area (Å²) >= 11 is 0. The Kier molecular flexibility index (Phi) is 2.86. The second-order valence-corrected chi connectivity index (χ2v) is 4.40. The fourth-order valence-corrected chi connectivity index (χ4v) is 2.40. The Hall–Kier alpha value is -0.120. The van der Waals surface area contributed by atoms with E-state index < -0.39 is 0 Å². The van der Waals surface area contributed by atoms with E-state index in [0.29, 0.717) is 12.1 Å². The summed E-state index contributed by atoms with van der Waals surface area (Å²) in [6, 6.07) is 1.08. The molecule has 1 aliphatic carbocycles. The number of aliphatic hydroxyl groups is 1. The Morgan fingerprint density at radius 2 is 1.92 bits per heavy atom. The van der Waals surface area contributed by atoms with Gasteiger partial charge in [-0.25, -0.2) is 0 Å². The van der Waals surface area contributed by atoms with E-state index in [9.17, 15) is 5.11 Å². The monoisotopic (exact) mass is 184 g/mol. The number of nitrogens with zero attached hydrogens (tertiary/aromatic N) is 1. The lowest BCUT2D eigenvalue weighted by molar-refractivity contribution is 0.00178. The molecule has 3 heteroatoms. The second-order valence-electron chi connectivity index (χ2n) is 4.40. The Balaban J connectivity index is 1.88. The van der Waals surface area contributed by atoms with Gasteiger partial charge >= 0.3 is 0 Å². The molecule has 2 fully saturated rings. The van der Waals surface area contributed by atoms with Gasteiger partial charge in [0.1, 0.15) is 0 Å². The van der Waals surface area contributed by atoms with Crippen LogP contribution in [0.3, 0.4) is 0 Å². The average molecular weight is 184 g/mol. The van der Waals surface area contributed by atoms with Crippen molar-refractivity contribution in [1.82, 2.24) is 10.2 Å². The van der Waals surface area contributed by atoms with Crippen molar-refractivity contribution in [3.63, 3.8) is 0 Å². The normalized spacial score (nSPS) is 36.2. The summed E-state index contributed by atoms with van der Waals surface area (Å²) in [5.41, 5.74) is 0. The number of likely N-dealkylation sites (N-methyl/N-ethyl adjacent to an activating group) is 1. The second kappa shape index (κ2) is 3.95. The minimum Gasteiger partial charge on any atom is -0.391 e. The standard InChI is InChI=1S/C10H20N2O/c1-12(8-6-11-7-8)9-4-2-3-5-10(9)13/h8-11,13H,2-7H2,1H3/t9-,10-/m0/s1. The summed E-state index contributed by atoms with van der Waals surface area (Å²) < 4.78 is 0. The van der Waals surface area contributed by atoms with Gasteiger partial charge in [-0.2, -0.15) is 0 Å². The molecule has 0 spiro atoms. The van der Waals surface area contributed by atoms with Crippen LogP contribution in [0.25, 0.3) is 0 Å². The molecule has 0 bridgehead atoms. The molecule has 2 atom stereocenters. The average Bonchev–Trinajstić information content (AvgIpc) is 2.01. The number of hydrogen-bond donors (Lipinski definition) is 2. The van der Waals surface area contributed by atoms with Gasteiger partial charge in [0, 0.05) is 25.2 Å². The van der Waals surface area contributed by atoms with E-state index in [0.717, 1.165) is 19.5 Å². The molecule has 0 unspecified atom stereocenters. The largest absolute Gasteiger partial charge is 0.391 e. The van der Waals surface area contributed by atoms with Crippen molar-refractivity contribution in [2.75, 3.05) is 20.1 Å². The van der Waals surface area contributed by atoms with Crippen LogP contribution >= 0.6 is 0 Å². The molecule has 0 aromatic rings. The lowest BCUT2D eigenvalue weighted by Gasteiger charge is -2.43. The van der Waals surface area contributed by atoms with Crippen molar-refractivity contribution in [2.45, 2.75) is 43.9 Å². The quantitative estimate of drug-likeness (QED) is 0.643. The van der Waals surface area contributed by atoms with Crippen molar-refractivity contribution >= 4 is 0 Å². The predicted octanol–water partition coefficient (Wildman–Crippen LogP) is 0.193. The van der Waals surface area contributed by atoms with Gasteiger partial charge in [-0.1, -0.05) is 12.8 Å². The maximum atomic E-state index is 9.85. The summed E-state index contributed by atoms with van der Waals surface area (Å²) in [5.74, 6) is 0. The van der Waals surface area contributed by atoms with Crippen molar-refractivity contribution in [2.24, 2.45) is 0 Å². The maximum Gasteiger partial charge on any atom is 0.0695 e. The Morgan fingerprint density at radius 3 is 2.46 bits per heavy atom. The van der Waals surface area contributed by atoms with E-state index >= 15 is 0 Å². The summed E-state index contributed by atoms with van der Waals surface area (Å²) in [4.78, 5) is 2.38. The van der Waals surface area contributed by atoms with E-state index in [1.807, 2.05) is 0 Å². The highest BCUT2D eigenvalue weighted by Gasteiger charge is 2.32. The van der Waals surface area contributed by atoms with Crippen LogP contribution in [-0.4, -0.2) is 48.3 Å². The number of nitrogens with one attached hydrogen (secondary N) is 1. The van der Waals surface area contributed by atoms with Gasteiger partial charge < -0.3 is 10.4 Å². The molecule has 1 aliphatic heterocycles. The topological polar surface area (TPSA) is 35.5 Å². The zero-order valence-corrected chi connectivity index (χ0v) is 8.37. The summed E-state index contributed by atoms with van der Waals surface area (Å²) in [5, 5.41) is 13.1. The fraction of sp³-hybridized carbons (Fsp3) is 1.00. The molecule has 3 nitrogen and oxygen atoms in total. The first-order chi connectivity index (χ1) is 6.29. The van der Waals surface area contributed by atoms with Crippen LogP contribution < -0.4 is 5.32 Å². The van der Waals surface area contributed by atoms with Crippen molar-refractivity contribution in [3.05, 3.63) is 0 Å². The van der Waals surface area contributed by atoms with Gasteiger partial charge in [-0.05, 0) is 19.9 Å². The predicted molar refractivity (Wildman–Crippen MR) is 52.7 cm³/mol. The molecule has 2 aliphatic rings. The molecular weight excluding hydrogens is 164 g/mol. The zero-order valence-electron chi connectivity index (χ0n) is 8.37. The Labute approximate surface area is 80.1 Å². The van der Waals surface area contributed by atoms with Crippen LogP contribution in [0.2, 0.25) is 0 Å². The third-order valence-electron chi connectivity index (χ3n) is 3.55. The molecule has 2 rings (SSSR count). The third kappa shape index (κ3) is 1.87. The van der Waals surface area contributed by atoms with Gasteiger partial charge in [0.15, 0.2) is 0 Å². The molecular formula is C10H20N2O. The van der Waals surface area contributed by atoms with Crippen LogP contribution in [0.15, 0.2) is 0 Å². The molecule has 0 amide bonds. The van der Waals surface area contributed by atoms with Crippen LogP contribution in [0.1, 0.15) is 25.7 Å². The molecule has 0 aromatic heterocycles. The lowest BCUT2D eigenvalue weighted by Crippen LogP contribution is -2.60. The highest BCUT2D eigenvalue weighted by molar-refractivity contribution is 4.90. The molecule has 1 heterocycles. The summed E-state index contributed by atoms with van der Waals surface area (Å²) in [6.07, 6.45) is 4.57. The number of aliphatic hydroxyl groups excluding tert-OH is 1. The van der Waals surface area contributed by atoms with Crippen molar-refractivity contribution < 1.29 is 5.11 Å². The van der Waals surface area contributed by atoms with Crippen molar-refractivity contribution in [1.29, 1.82) is 0 Å². The highest BCUT2D eigenvalue weighted by atomic mass is 16.3. The molecule has 0 aromatic carbocycles. The molecule has 2 N–H and O–H groups in total. The molecule has 76 valence electrons. The summed E-state index contributed by atoms with van der Waals surface area (Å²) in [6.45, 7) is 2.19. The first kappa shape index (κ1) is 9.44. The van der Waals surface area contributed by atoms with Crippen LogP contribution in [0.4, 0.5) is 0 Å². The van der Waals surface area contributed by atoms with Crippen molar-refractivity contribution in [3.8, 4) is 0 Å². The lowest BCUT2D eigenvalue weighted by atomic mass is 9.90. The zero-order chi connectivity index (χ0) is 9.26. The van der Waals surface area contributed by atoms with E-state index in [1.165, 1.54) is 19.3 Å². The third-order valence-corrected chi connectivity index (χ3v) is 3.55. The van der Waals surface area contributed by atoms with Gasteiger partial charge in [0.05, 0.1) is 6.10 Å². The SMILES string of the molecule is CN(C1CNC1)[C@H]1CCCC[C@@H]1O. The number of rotatable bonds is 2. The maximum absolute atomic E-state index is 9.85. The molecule has 1 saturated heterocycles. The van der Waals surface area contributed by atoms with E-state index in [-0.39, 0.29) is 6.10 Å². The van der Waals surface area contributed by atoms with Gasteiger partial charge in [-0.15, -0.1) is 0 Å². The molecule has 13 heavy (non-hydrogen) atoms. The van der Waals surface area contributed by atoms with E-state index in [4.69, 9.17) is 0 Å². The van der Waals surface area contributed by atoms with Gasteiger partial charge in [0.2, 0.25) is 0 Å². The van der Waals surface area contributed by atoms with Crippen LogP contribution in [0.5, 0.6) is 0 Å². The van der Waals surface area contributed by atoms with Gasteiger partial charge in [-0.3, -0.25) is 4.90 Å². The van der Waals surface area contributed by atoms with Crippen LogP contribution in [0, 0.1) is 0 Å². The first-order valence-electron chi connectivity index (χ1n) is 5.40. The Morgan fingerprint density at radius 1 is 1.23 bits per heavy atom. The van der Waals surface area contributed by atoms with Gasteiger partial charge in [0.25, 0.3) is 0 Å². The molecule has 0 radical (unpaired) electrons. The van der Waals surface area contributed by atoms with E-state index in [1.54, 1.807) is 0 Å². The molecule has 1 saturated carbocycles. The minimum absolute atomic E-state index is 0.0839. The highest BCUT2D eigenvalue weighted by Crippen LogP contribution is 2.24. The van der Waals surface area contributed by atoms with E-state index in [2.05, 4.69) is 17.3 Å². The van der Waals surface area contributed by atoms with Crippen LogP contribution in [-0.2, 0) is 0 Å². The Bertz CT molecular complexity index is 170. The number of hydrogen-bond acceptors (Lipinski definition) is 3. The minimum atomic E-state index is -0.0839. The smallest absolute Gasteiger partial charge is 0.0695 e. The summed E-state index contributed by atoms with van der Waals surface area (Å²) in [7, 11) is 2.16.